The molecule has 2 aromatic carbocycles. The highest BCUT2D eigenvalue weighted by Crippen LogP contribution is 2.20. The number of hydrogen-bond acceptors (Lipinski definition) is 3. The summed E-state index contributed by atoms with van der Waals surface area (Å²) < 4.78 is 2.36. The van der Waals surface area contributed by atoms with Gasteiger partial charge in [-0.2, -0.15) is 5.26 Å². The van der Waals surface area contributed by atoms with Gasteiger partial charge in [-0.25, -0.2) is 4.98 Å². The lowest BCUT2D eigenvalue weighted by Crippen LogP contribution is -2.34. The molecule has 0 aliphatic carbocycles. The first-order chi connectivity index (χ1) is 12.3. The molecule has 0 radical (unpaired) electrons. The third kappa shape index (κ3) is 3.42. The second kappa shape index (κ2) is 7.08. The molecule has 0 saturated heterocycles. The average Bonchev–Trinajstić information content (AvgIpc) is 3.03. The Labute approximate surface area is 148 Å². The van der Waals surface area contributed by atoms with Crippen LogP contribution in [0.5, 0.6) is 0 Å². The molecule has 0 N–H and O–H groups in total. The Morgan fingerprint density at radius 3 is 2.68 bits per heavy atom. The molecule has 4 heteroatoms. The smallest absolute Gasteiger partial charge is 0.124 e. The molecule has 2 heterocycles. The fourth-order valence-corrected chi connectivity index (χ4v) is 3.62. The van der Waals surface area contributed by atoms with Crippen LogP contribution in [0.2, 0.25) is 0 Å². The Morgan fingerprint density at radius 1 is 1.00 bits per heavy atom. The number of benzene rings is 2. The van der Waals surface area contributed by atoms with Crippen molar-refractivity contribution < 1.29 is 0 Å². The van der Waals surface area contributed by atoms with E-state index in [2.05, 4.69) is 51.9 Å². The van der Waals surface area contributed by atoms with Crippen LogP contribution in [0.15, 0.2) is 48.5 Å². The summed E-state index contributed by atoms with van der Waals surface area (Å²) in [6.45, 7) is 4.21. The molecule has 1 aliphatic heterocycles. The lowest BCUT2D eigenvalue weighted by Gasteiger charge is -2.27. The highest BCUT2D eigenvalue weighted by molar-refractivity contribution is 5.75. The third-order valence-electron chi connectivity index (χ3n) is 5.01. The second-order valence-corrected chi connectivity index (χ2v) is 6.71. The molecule has 0 fully saturated rings. The highest BCUT2D eigenvalue weighted by Gasteiger charge is 2.19. The van der Waals surface area contributed by atoms with Crippen molar-refractivity contribution in [3.05, 3.63) is 65.5 Å². The van der Waals surface area contributed by atoms with Gasteiger partial charge in [0.1, 0.15) is 5.82 Å². The maximum absolute atomic E-state index is 8.84. The Hall–Kier alpha value is -2.64. The molecule has 0 bridgehead atoms. The summed E-state index contributed by atoms with van der Waals surface area (Å²) in [5, 5.41) is 8.84. The molecule has 126 valence electrons. The molecular formula is C21H22N4. The Bertz CT molecular complexity index is 902. The van der Waals surface area contributed by atoms with Gasteiger partial charge in [-0.3, -0.25) is 4.90 Å². The van der Waals surface area contributed by atoms with Crippen molar-refractivity contribution in [2.75, 3.05) is 13.1 Å². The molecule has 0 saturated carbocycles. The average molecular weight is 330 g/mol. The van der Waals surface area contributed by atoms with E-state index in [4.69, 9.17) is 10.2 Å². The van der Waals surface area contributed by atoms with E-state index in [1.807, 2.05) is 12.1 Å². The summed E-state index contributed by atoms with van der Waals surface area (Å²) in [7, 11) is 0. The first kappa shape index (κ1) is 15.9. The number of para-hydroxylation sites is 2. The van der Waals surface area contributed by atoms with E-state index in [0.29, 0.717) is 0 Å². The molecular weight excluding hydrogens is 308 g/mol. The summed E-state index contributed by atoms with van der Waals surface area (Å²) in [4.78, 5) is 7.30. The van der Waals surface area contributed by atoms with Crippen molar-refractivity contribution in [2.24, 2.45) is 0 Å². The van der Waals surface area contributed by atoms with E-state index in [1.54, 1.807) is 0 Å². The first-order valence-corrected chi connectivity index (χ1v) is 8.99. The van der Waals surface area contributed by atoms with Crippen LogP contribution in [0.1, 0.15) is 29.8 Å². The van der Waals surface area contributed by atoms with Gasteiger partial charge in [-0.05, 0) is 55.6 Å². The minimum absolute atomic E-state index is 0.736. The van der Waals surface area contributed by atoms with Crippen LogP contribution < -0.4 is 0 Å². The van der Waals surface area contributed by atoms with Gasteiger partial charge in [0.2, 0.25) is 0 Å². The quantitative estimate of drug-likeness (QED) is 0.669. The molecule has 0 unspecified atom stereocenters. The number of aromatic nitrogens is 2. The zero-order valence-corrected chi connectivity index (χ0v) is 14.4. The summed E-state index contributed by atoms with van der Waals surface area (Å²) in [6.07, 6.45) is 3.46. The van der Waals surface area contributed by atoms with E-state index >= 15 is 0 Å². The fourth-order valence-electron chi connectivity index (χ4n) is 3.62. The molecule has 1 aromatic heterocycles. The number of aryl methyl sites for hydroxylation is 1. The van der Waals surface area contributed by atoms with Crippen LogP contribution in [-0.4, -0.2) is 27.5 Å². The number of hydrogen-bond donors (Lipinski definition) is 0. The van der Waals surface area contributed by atoms with Crippen LogP contribution in [-0.2, 0) is 19.5 Å². The predicted octanol–water partition coefficient (Wildman–Crippen LogP) is 3.75. The maximum atomic E-state index is 8.84. The zero-order chi connectivity index (χ0) is 17.1. The summed E-state index contributed by atoms with van der Waals surface area (Å²) in [6, 6.07) is 18.5. The first-order valence-electron chi connectivity index (χ1n) is 8.99. The van der Waals surface area contributed by atoms with Gasteiger partial charge >= 0.3 is 0 Å². The van der Waals surface area contributed by atoms with Gasteiger partial charge in [0.25, 0.3) is 0 Å². The normalized spacial score (nSPS) is 14.4. The van der Waals surface area contributed by atoms with Crippen LogP contribution in [0.4, 0.5) is 0 Å². The molecule has 4 nitrogen and oxygen atoms in total. The van der Waals surface area contributed by atoms with Gasteiger partial charge in [0.15, 0.2) is 0 Å². The van der Waals surface area contributed by atoms with Gasteiger partial charge in [-0.15, -0.1) is 0 Å². The van der Waals surface area contributed by atoms with Crippen molar-refractivity contribution in [2.45, 2.75) is 32.4 Å². The van der Waals surface area contributed by atoms with E-state index in [9.17, 15) is 0 Å². The van der Waals surface area contributed by atoms with E-state index in [0.717, 1.165) is 43.7 Å². The van der Waals surface area contributed by atoms with Crippen LogP contribution >= 0.6 is 0 Å². The number of fused-ring (bicyclic) bond motifs is 3. The molecule has 0 atom stereocenters. The number of nitrogens with zero attached hydrogens (tertiary/aromatic N) is 4. The lowest BCUT2D eigenvalue weighted by molar-refractivity contribution is 0.215. The number of imidazole rings is 1. The zero-order valence-electron chi connectivity index (χ0n) is 14.4. The van der Waals surface area contributed by atoms with Crippen molar-refractivity contribution in [3.63, 3.8) is 0 Å². The summed E-state index contributed by atoms with van der Waals surface area (Å²) in [5.74, 6) is 1.19. The number of nitriles is 1. The number of unbranched alkanes of at least 4 members (excludes halogenated alkanes) is 1. The van der Waals surface area contributed by atoms with Gasteiger partial charge in [-0.1, -0.05) is 24.3 Å². The standard InChI is InChI=1S/C21H22N4/c22-15-18-10-8-17(9-11-18)5-3-4-12-24-13-14-25-20-7-2-1-6-19(20)23-21(25)16-24/h1-2,6-11H,3-5,12-14,16H2. The van der Waals surface area contributed by atoms with Crippen molar-refractivity contribution >= 4 is 11.0 Å². The largest absolute Gasteiger partial charge is 0.326 e. The summed E-state index contributed by atoms with van der Waals surface area (Å²) >= 11 is 0. The summed E-state index contributed by atoms with van der Waals surface area (Å²) in [5.41, 5.74) is 4.43. The molecule has 0 amide bonds. The van der Waals surface area contributed by atoms with E-state index in [1.165, 1.54) is 29.7 Å². The van der Waals surface area contributed by atoms with Crippen molar-refractivity contribution in [1.82, 2.24) is 14.5 Å². The highest BCUT2D eigenvalue weighted by atomic mass is 15.2. The Kier molecular flexibility index (Phi) is 4.49. The van der Waals surface area contributed by atoms with Gasteiger partial charge in [0, 0.05) is 13.1 Å². The van der Waals surface area contributed by atoms with E-state index < -0.39 is 0 Å². The Morgan fingerprint density at radius 2 is 1.84 bits per heavy atom. The second-order valence-electron chi connectivity index (χ2n) is 6.71. The van der Waals surface area contributed by atoms with Crippen molar-refractivity contribution in [3.8, 4) is 6.07 Å². The lowest BCUT2D eigenvalue weighted by atomic mass is 10.1. The molecule has 1 aliphatic rings. The number of rotatable bonds is 5. The SMILES string of the molecule is N#Cc1ccc(CCCCN2CCn3c(nc4ccccc43)C2)cc1. The Balaban J connectivity index is 1.29. The third-order valence-corrected chi connectivity index (χ3v) is 5.01. The van der Waals surface area contributed by atoms with Crippen LogP contribution in [0.3, 0.4) is 0 Å². The maximum Gasteiger partial charge on any atom is 0.124 e. The molecule has 25 heavy (non-hydrogen) atoms. The predicted molar refractivity (Wildman–Crippen MR) is 99.1 cm³/mol. The van der Waals surface area contributed by atoms with Gasteiger partial charge in [0.05, 0.1) is 29.2 Å². The monoisotopic (exact) mass is 330 g/mol. The molecule has 4 rings (SSSR count). The fraction of sp³-hybridized carbons (Fsp3) is 0.333. The van der Waals surface area contributed by atoms with E-state index in [-0.39, 0.29) is 0 Å². The van der Waals surface area contributed by atoms with Crippen LogP contribution in [0.25, 0.3) is 11.0 Å². The van der Waals surface area contributed by atoms with Crippen molar-refractivity contribution in [1.29, 1.82) is 5.26 Å². The topological polar surface area (TPSA) is 44.9 Å². The minimum Gasteiger partial charge on any atom is -0.326 e. The minimum atomic E-state index is 0.736. The van der Waals surface area contributed by atoms with Gasteiger partial charge < -0.3 is 4.57 Å². The van der Waals surface area contributed by atoms with Crippen LogP contribution in [0, 0.1) is 11.3 Å². The molecule has 0 spiro atoms. The molecule has 3 aromatic rings.